The van der Waals surface area contributed by atoms with E-state index in [1.54, 1.807) is 13.8 Å². The van der Waals surface area contributed by atoms with E-state index in [9.17, 15) is 14.4 Å². The molecule has 0 aliphatic heterocycles. The number of esters is 1. The van der Waals surface area contributed by atoms with Gasteiger partial charge < -0.3 is 9.84 Å². The minimum Gasteiger partial charge on any atom is -0.463 e. The molecule has 3 atom stereocenters. The van der Waals surface area contributed by atoms with Gasteiger partial charge in [0.05, 0.1) is 17.4 Å². The maximum absolute atomic E-state index is 12.0. The van der Waals surface area contributed by atoms with Gasteiger partial charge in [0.15, 0.2) is 0 Å². The van der Waals surface area contributed by atoms with E-state index in [1.165, 1.54) is 0 Å². The average Bonchev–Trinajstić information content (AvgIpc) is 2.65. The lowest BCUT2D eigenvalue weighted by Gasteiger charge is -2.32. The van der Waals surface area contributed by atoms with Gasteiger partial charge in [-0.05, 0) is 19.8 Å². The molecule has 1 N–H and O–H groups in total. The van der Waals surface area contributed by atoms with Crippen LogP contribution in [0.3, 0.4) is 0 Å². The highest BCUT2D eigenvalue weighted by Gasteiger charge is 2.72. The first-order valence-electron chi connectivity index (χ1n) is 5.76. The Morgan fingerprint density at radius 1 is 1.47 bits per heavy atom. The van der Waals surface area contributed by atoms with Crippen molar-refractivity contribution in [2.45, 2.75) is 26.7 Å². The summed E-state index contributed by atoms with van der Waals surface area (Å²) in [4.78, 5) is 35.7. The lowest BCUT2D eigenvalue weighted by atomic mass is 9.69. The first-order chi connectivity index (χ1) is 7.89. The number of hydrogen-bond acceptors (Lipinski definition) is 5. The van der Waals surface area contributed by atoms with Crippen LogP contribution in [0.4, 0.5) is 0 Å². The number of aliphatic hydroxyl groups excluding tert-OH is 1. The summed E-state index contributed by atoms with van der Waals surface area (Å²) >= 11 is 0. The second-order valence-corrected chi connectivity index (χ2v) is 5.18. The number of ketones is 2. The number of rotatable bonds is 3. The first-order valence-corrected chi connectivity index (χ1v) is 5.76. The SMILES string of the molecule is CC12CCC(C(=O)C1=O)C2(C)C(=O)OCCO. The van der Waals surface area contributed by atoms with E-state index in [2.05, 4.69) is 0 Å². The molecule has 5 heteroatoms. The molecule has 17 heavy (non-hydrogen) atoms. The van der Waals surface area contributed by atoms with Crippen molar-refractivity contribution < 1.29 is 24.2 Å². The summed E-state index contributed by atoms with van der Waals surface area (Å²) in [6.07, 6.45) is 1.11. The monoisotopic (exact) mass is 240 g/mol. The third kappa shape index (κ3) is 1.26. The number of Topliss-reactive ketones (excluding diaryl/α,β-unsaturated/α-hetero) is 2. The van der Waals surface area contributed by atoms with E-state index in [-0.39, 0.29) is 13.2 Å². The summed E-state index contributed by atoms with van der Waals surface area (Å²) < 4.78 is 4.93. The highest BCUT2D eigenvalue weighted by atomic mass is 16.5. The Labute approximate surface area is 99.1 Å². The number of aliphatic hydroxyl groups is 1. The van der Waals surface area contributed by atoms with Crippen LogP contribution in [0.2, 0.25) is 0 Å². The molecule has 94 valence electrons. The van der Waals surface area contributed by atoms with Crippen molar-refractivity contribution in [1.29, 1.82) is 0 Å². The molecule has 2 fully saturated rings. The lowest BCUT2D eigenvalue weighted by Crippen LogP contribution is -2.43. The Bertz CT molecular complexity index is 402. The predicted octanol–water partition coefficient (Wildman–Crippen LogP) is 0.0963. The van der Waals surface area contributed by atoms with Gasteiger partial charge in [-0.15, -0.1) is 0 Å². The smallest absolute Gasteiger partial charge is 0.313 e. The van der Waals surface area contributed by atoms with E-state index < -0.39 is 34.3 Å². The minimum atomic E-state index is -1.06. The molecular formula is C12H16O5. The number of carbonyl (C=O) groups excluding carboxylic acids is 3. The Morgan fingerprint density at radius 3 is 2.59 bits per heavy atom. The van der Waals surface area contributed by atoms with Crippen molar-refractivity contribution in [3.8, 4) is 0 Å². The number of hydrogen-bond donors (Lipinski definition) is 1. The molecule has 2 saturated carbocycles. The zero-order valence-electron chi connectivity index (χ0n) is 9.99. The summed E-state index contributed by atoms with van der Waals surface area (Å²) in [6, 6.07) is 0. The average molecular weight is 240 g/mol. The standard InChI is InChI=1S/C12H16O5/c1-11-4-3-7(8(14)9(11)15)12(11,2)10(16)17-6-5-13/h7,13H,3-6H2,1-2H3. The van der Waals surface area contributed by atoms with Crippen molar-refractivity contribution >= 4 is 17.5 Å². The number of fused-ring (bicyclic) bond motifs is 2. The molecule has 0 aromatic heterocycles. The predicted molar refractivity (Wildman–Crippen MR) is 57.0 cm³/mol. The van der Waals surface area contributed by atoms with Crippen molar-refractivity contribution in [2.75, 3.05) is 13.2 Å². The van der Waals surface area contributed by atoms with E-state index in [1.807, 2.05) is 0 Å². The Kier molecular flexibility index (Phi) is 2.61. The third-order valence-electron chi connectivity index (χ3n) is 4.57. The molecule has 3 unspecified atom stereocenters. The van der Waals surface area contributed by atoms with Gasteiger partial charge in [-0.3, -0.25) is 14.4 Å². The van der Waals surface area contributed by atoms with Gasteiger partial charge in [-0.2, -0.15) is 0 Å². The van der Waals surface area contributed by atoms with Gasteiger partial charge in [0.1, 0.15) is 6.61 Å². The van der Waals surface area contributed by atoms with E-state index >= 15 is 0 Å². The molecule has 2 rings (SSSR count). The first kappa shape index (κ1) is 12.2. The fraction of sp³-hybridized carbons (Fsp3) is 0.750. The van der Waals surface area contributed by atoms with Crippen LogP contribution >= 0.6 is 0 Å². The fourth-order valence-corrected chi connectivity index (χ4v) is 3.19. The van der Waals surface area contributed by atoms with Gasteiger partial charge in [0, 0.05) is 5.92 Å². The van der Waals surface area contributed by atoms with Crippen molar-refractivity contribution in [3.63, 3.8) is 0 Å². The zero-order valence-corrected chi connectivity index (χ0v) is 9.99. The van der Waals surface area contributed by atoms with Crippen LogP contribution in [0, 0.1) is 16.7 Å². The van der Waals surface area contributed by atoms with Gasteiger partial charge in [-0.25, -0.2) is 0 Å². The second-order valence-electron chi connectivity index (χ2n) is 5.18. The van der Waals surface area contributed by atoms with Crippen LogP contribution in [0.25, 0.3) is 0 Å². The zero-order chi connectivity index (χ0) is 12.8. The summed E-state index contributed by atoms with van der Waals surface area (Å²) in [5.74, 6) is -1.98. The normalized spacial score (nSPS) is 39.8. The lowest BCUT2D eigenvalue weighted by molar-refractivity contribution is -0.164. The number of carbonyl (C=O) groups is 3. The van der Waals surface area contributed by atoms with E-state index in [0.29, 0.717) is 12.8 Å². The van der Waals surface area contributed by atoms with Crippen molar-refractivity contribution in [3.05, 3.63) is 0 Å². The molecule has 0 radical (unpaired) electrons. The van der Waals surface area contributed by atoms with Crippen LogP contribution in [-0.4, -0.2) is 35.9 Å². The maximum atomic E-state index is 12.0. The van der Waals surface area contributed by atoms with Gasteiger partial charge in [0.2, 0.25) is 11.6 Å². The highest BCUT2D eigenvalue weighted by Crippen LogP contribution is 2.62. The topological polar surface area (TPSA) is 80.7 Å². The van der Waals surface area contributed by atoms with Crippen LogP contribution in [0.15, 0.2) is 0 Å². The van der Waals surface area contributed by atoms with Crippen molar-refractivity contribution in [1.82, 2.24) is 0 Å². The second kappa shape index (κ2) is 3.63. The van der Waals surface area contributed by atoms with Gasteiger partial charge in [0.25, 0.3) is 0 Å². The van der Waals surface area contributed by atoms with Crippen molar-refractivity contribution in [2.24, 2.45) is 16.7 Å². The van der Waals surface area contributed by atoms with Gasteiger partial charge >= 0.3 is 5.97 Å². The quantitative estimate of drug-likeness (QED) is 0.559. The molecule has 2 bridgehead atoms. The fourth-order valence-electron chi connectivity index (χ4n) is 3.19. The summed E-state index contributed by atoms with van der Waals surface area (Å²) in [5.41, 5.74) is -1.99. The Balaban J connectivity index is 2.35. The molecule has 2 aliphatic carbocycles. The largest absolute Gasteiger partial charge is 0.463 e. The summed E-state index contributed by atoms with van der Waals surface area (Å²) in [5, 5.41) is 8.65. The van der Waals surface area contributed by atoms with Crippen LogP contribution < -0.4 is 0 Å². The molecule has 2 aliphatic rings. The Morgan fingerprint density at radius 2 is 2.12 bits per heavy atom. The molecular weight excluding hydrogens is 224 g/mol. The molecule has 0 aromatic rings. The highest BCUT2D eigenvalue weighted by molar-refractivity contribution is 6.44. The van der Waals surface area contributed by atoms with E-state index in [4.69, 9.17) is 9.84 Å². The summed E-state index contributed by atoms with van der Waals surface area (Å²) in [6.45, 7) is 2.94. The van der Waals surface area contributed by atoms with Crippen LogP contribution in [-0.2, 0) is 19.1 Å². The maximum Gasteiger partial charge on any atom is 0.313 e. The molecule has 0 spiro atoms. The molecule has 0 amide bonds. The molecule has 0 saturated heterocycles. The van der Waals surface area contributed by atoms with E-state index in [0.717, 1.165) is 0 Å². The molecule has 5 nitrogen and oxygen atoms in total. The van der Waals surface area contributed by atoms with Crippen LogP contribution in [0.1, 0.15) is 26.7 Å². The minimum absolute atomic E-state index is 0.0976. The summed E-state index contributed by atoms with van der Waals surface area (Å²) in [7, 11) is 0. The molecule has 0 aromatic carbocycles. The van der Waals surface area contributed by atoms with Crippen LogP contribution in [0.5, 0.6) is 0 Å². The van der Waals surface area contributed by atoms with Gasteiger partial charge in [-0.1, -0.05) is 6.92 Å². The molecule has 0 heterocycles. The Hall–Kier alpha value is -1.23. The third-order valence-corrected chi connectivity index (χ3v) is 4.57. The number of ether oxygens (including phenoxy) is 1.